The number of benzene rings is 1. The molecule has 0 radical (unpaired) electrons. The van der Waals surface area contributed by atoms with Crippen molar-refractivity contribution in [2.75, 3.05) is 13.1 Å². The number of aromatic nitrogens is 5. The quantitative estimate of drug-likeness (QED) is 0.563. The van der Waals surface area contributed by atoms with Gasteiger partial charge in [-0.3, -0.25) is 9.78 Å². The van der Waals surface area contributed by atoms with E-state index in [1.54, 1.807) is 17.3 Å². The second-order valence-corrected chi connectivity index (χ2v) is 7.92. The van der Waals surface area contributed by atoms with Gasteiger partial charge in [-0.2, -0.15) is 0 Å². The molecule has 3 aromatic heterocycles. The summed E-state index contributed by atoms with van der Waals surface area (Å²) in [5.41, 5.74) is 4.13. The fourth-order valence-electron chi connectivity index (χ4n) is 4.43. The molecule has 0 saturated carbocycles. The Balaban J connectivity index is 1.33. The highest BCUT2D eigenvalue weighted by molar-refractivity contribution is 5.97. The SMILES string of the molecule is CCn1c(C)nc2cc(C(=O)N3C[C@H](Cc4cn5ccnc5cn4)[C@H](O)C3)ccc21. The minimum Gasteiger partial charge on any atom is -0.391 e. The van der Waals surface area contributed by atoms with Gasteiger partial charge in [-0.25, -0.2) is 9.97 Å². The number of hydrogen-bond donors (Lipinski definition) is 1. The molecule has 1 aromatic carbocycles. The van der Waals surface area contributed by atoms with Gasteiger partial charge in [0.05, 0.1) is 29.0 Å². The van der Waals surface area contributed by atoms with Gasteiger partial charge in [-0.1, -0.05) is 0 Å². The number of β-amino-alcohol motifs (C(OH)–C–C–N with tert-alkyl or cyclic N) is 1. The number of hydrogen-bond acceptors (Lipinski definition) is 5. The lowest BCUT2D eigenvalue weighted by Gasteiger charge is -2.16. The highest BCUT2D eigenvalue weighted by Gasteiger charge is 2.34. The predicted molar refractivity (Wildman–Crippen MR) is 112 cm³/mol. The number of nitrogens with zero attached hydrogens (tertiary/aromatic N) is 6. The predicted octanol–water partition coefficient (Wildman–Crippen LogP) is 2.08. The highest BCUT2D eigenvalue weighted by Crippen LogP contribution is 2.24. The molecule has 0 bridgehead atoms. The number of aliphatic hydroxyl groups excluding tert-OH is 1. The molecule has 2 atom stereocenters. The lowest BCUT2D eigenvalue weighted by atomic mass is 10.0. The summed E-state index contributed by atoms with van der Waals surface area (Å²) in [4.78, 5) is 28.1. The molecule has 8 nitrogen and oxygen atoms in total. The van der Waals surface area contributed by atoms with Crippen LogP contribution in [0.4, 0.5) is 0 Å². The van der Waals surface area contributed by atoms with Crippen LogP contribution in [-0.4, -0.2) is 59.0 Å². The van der Waals surface area contributed by atoms with Gasteiger partial charge >= 0.3 is 0 Å². The molecule has 1 aliphatic heterocycles. The molecule has 1 saturated heterocycles. The standard InChI is InChI=1S/C22H24N6O2/c1-3-28-14(2)25-18-9-15(4-5-19(18)28)22(30)27-11-16(20(29)13-27)8-17-12-26-7-6-23-21(26)10-24-17/h4-7,9-10,12,16,20,29H,3,8,11,13H2,1-2H3/t16-,20+/m0/s1. The summed E-state index contributed by atoms with van der Waals surface area (Å²) in [6.45, 7) is 5.73. The Morgan fingerprint density at radius 1 is 1.27 bits per heavy atom. The van der Waals surface area contributed by atoms with Gasteiger partial charge in [-0.05, 0) is 38.5 Å². The van der Waals surface area contributed by atoms with E-state index in [1.165, 1.54) is 0 Å². The van der Waals surface area contributed by atoms with E-state index < -0.39 is 6.10 Å². The Labute approximate surface area is 173 Å². The van der Waals surface area contributed by atoms with Gasteiger partial charge < -0.3 is 19.0 Å². The molecule has 5 rings (SSSR count). The van der Waals surface area contributed by atoms with Gasteiger partial charge in [0, 0.05) is 49.7 Å². The number of likely N-dealkylation sites (tertiary alicyclic amines) is 1. The first-order valence-electron chi connectivity index (χ1n) is 10.3. The largest absolute Gasteiger partial charge is 0.391 e. The zero-order chi connectivity index (χ0) is 20.8. The van der Waals surface area contributed by atoms with Crippen LogP contribution in [0.1, 0.15) is 28.8 Å². The summed E-state index contributed by atoms with van der Waals surface area (Å²) in [6, 6.07) is 5.66. The minimum atomic E-state index is -0.570. The van der Waals surface area contributed by atoms with Crippen molar-refractivity contribution < 1.29 is 9.90 Å². The van der Waals surface area contributed by atoms with E-state index in [-0.39, 0.29) is 11.8 Å². The summed E-state index contributed by atoms with van der Waals surface area (Å²) >= 11 is 0. The summed E-state index contributed by atoms with van der Waals surface area (Å²) in [7, 11) is 0. The lowest BCUT2D eigenvalue weighted by molar-refractivity contribution is 0.0765. The molecular weight excluding hydrogens is 380 g/mol. The van der Waals surface area contributed by atoms with E-state index in [9.17, 15) is 9.90 Å². The number of fused-ring (bicyclic) bond motifs is 2. The van der Waals surface area contributed by atoms with E-state index in [1.807, 2.05) is 41.9 Å². The highest BCUT2D eigenvalue weighted by atomic mass is 16.3. The van der Waals surface area contributed by atoms with Crippen molar-refractivity contribution in [3.05, 3.63) is 60.1 Å². The molecule has 0 spiro atoms. The number of carbonyl (C=O) groups is 1. The van der Waals surface area contributed by atoms with Crippen molar-refractivity contribution in [3.63, 3.8) is 0 Å². The Morgan fingerprint density at radius 3 is 2.97 bits per heavy atom. The van der Waals surface area contributed by atoms with E-state index in [2.05, 4.69) is 26.4 Å². The van der Waals surface area contributed by atoms with Gasteiger partial charge in [0.2, 0.25) is 0 Å². The number of imidazole rings is 2. The molecule has 0 aliphatic carbocycles. The number of rotatable bonds is 4. The first-order valence-corrected chi connectivity index (χ1v) is 10.3. The van der Waals surface area contributed by atoms with Crippen LogP contribution in [0.25, 0.3) is 16.7 Å². The van der Waals surface area contributed by atoms with Crippen LogP contribution < -0.4 is 0 Å². The maximum absolute atomic E-state index is 13.1. The second-order valence-electron chi connectivity index (χ2n) is 7.92. The Bertz CT molecular complexity index is 1240. The first-order chi connectivity index (χ1) is 14.5. The number of amides is 1. The molecule has 4 aromatic rings. The summed E-state index contributed by atoms with van der Waals surface area (Å²) in [5.74, 6) is 0.823. The zero-order valence-corrected chi connectivity index (χ0v) is 17.1. The van der Waals surface area contributed by atoms with Crippen molar-refractivity contribution in [3.8, 4) is 0 Å². The van der Waals surface area contributed by atoms with Crippen molar-refractivity contribution in [2.45, 2.75) is 32.9 Å². The van der Waals surface area contributed by atoms with Crippen LogP contribution in [0.3, 0.4) is 0 Å². The lowest BCUT2D eigenvalue weighted by Crippen LogP contribution is -2.29. The van der Waals surface area contributed by atoms with Crippen molar-refractivity contribution >= 4 is 22.6 Å². The number of carbonyl (C=O) groups excluding carboxylic acids is 1. The summed E-state index contributed by atoms with van der Waals surface area (Å²) in [6.07, 6.45) is 7.30. The van der Waals surface area contributed by atoms with E-state index >= 15 is 0 Å². The van der Waals surface area contributed by atoms with Gasteiger partial charge in [-0.15, -0.1) is 0 Å². The summed E-state index contributed by atoms with van der Waals surface area (Å²) < 4.78 is 4.04. The number of aryl methyl sites for hydroxylation is 2. The molecular formula is C22H24N6O2. The second kappa shape index (κ2) is 7.21. The third kappa shape index (κ3) is 3.13. The average Bonchev–Trinajstić information content (AvgIpc) is 3.43. The zero-order valence-electron chi connectivity index (χ0n) is 17.1. The molecule has 1 aliphatic rings. The minimum absolute atomic E-state index is 0.0484. The van der Waals surface area contributed by atoms with Crippen LogP contribution >= 0.6 is 0 Å². The Kier molecular flexibility index (Phi) is 4.51. The van der Waals surface area contributed by atoms with Crippen LogP contribution in [0.5, 0.6) is 0 Å². The maximum Gasteiger partial charge on any atom is 0.254 e. The van der Waals surface area contributed by atoms with Gasteiger partial charge in [0.15, 0.2) is 5.65 Å². The molecule has 8 heteroatoms. The molecule has 1 amide bonds. The average molecular weight is 404 g/mol. The molecule has 0 unspecified atom stereocenters. The van der Waals surface area contributed by atoms with Crippen molar-refractivity contribution in [1.29, 1.82) is 0 Å². The molecule has 30 heavy (non-hydrogen) atoms. The van der Waals surface area contributed by atoms with E-state index in [4.69, 9.17) is 0 Å². The fourth-order valence-corrected chi connectivity index (χ4v) is 4.43. The monoisotopic (exact) mass is 404 g/mol. The van der Waals surface area contributed by atoms with E-state index in [0.717, 1.165) is 34.7 Å². The molecule has 4 heterocycles. The Morgan fingerprint density at radius 2 is 2.13 bits per heavy atom. The fraction of sp³-hybridized carbons (Fsp3) is 0.364. The van der Waals surface area contributed by atoms with Gasteiger partial charge in [0.25, 0.3) is 5.91 Å². The smallest absolute Gasteiger partial charge is 0.254 e. The van der Waals surface area contributed by atoms with E-state index in [0.29, 0.717) is 25.1 Å². The van der Waals surface area contributed by atoms with Crippen LogP contribution in [0.2, 0.25) is 0 Å². The molecule has 1 fully saturated rings. The van der Waals surface area contributed by atoms with Crippen LogP contribution in [0, 0.1) is 12.8 Å². The Hall–Kier alpha value is -3.26. The molecule has 154 valence electrons. The first kappa shape index (κ1) is 18.7. The maximum atomic E-state index is 13.1. The number of aliphatic hydroxyl groups is 1. The summed E-state index contributed by atoms with van der Waals surface area (Å²) in [5, 5.41) is 10.6. The van der Waals surface area contributed by atoms with Crippen molar-refractivity contribution in [1.82, 2.24) is 28.8 Å². The third-order valence-electron chi connectivity index (χ3n) is 6.00. The van der Waals surface area contributed by atoms with Crippen LogP contribution in [-0.2, 0) is 13.0 Å². The normalized spacial score (nSPS) is 19.2. The third-order valence-corrected chi connectivity index (χ3v) is 6.00. The molecule has 1 N–H and O–H groups in total. The van der Waals surface area contributed by atoms with Gasteiger partial charge in [0.1, 0.15) is 5.82 Å². The van der Waals surface area contributed by atoms with Crippen LogP contribution in [0.15, 0.2) is 43.0 Å². The van der Waals surface area contributed by atoms with Crippen molar-refractivity contribution in [2.24, 2.45) is 5.92 Å². The topological polar surface area (TPSA) is 88.6 Å².